The van der Waals surface area contributed by atoms with Crippen LogP contribution in [0.4, 0.5) is 0 Å². The van der Waals surface area contributed by atoms with Crippen LogP contribution in [0.3, 0.4) is 0 Å². The van der Waals surface area contributed by atoms with Crippen LogP contribution in [-0.2, 0) is 11.2 Å². The molecule has 0 saturated carbocycles. The normalized spacial score (nSPS) is 20.8. The van der Waals surface area contributed by atoms with Crippen molar-refractivity contribution in [3.8, 4) is 0 Å². The van der Waals surface area contributed by atoms with Gasteiger partial charge in [-0.05, 0) is 30.4 Å². The van der Waals surface area contributed by atoms with Crippen LogP contribution >= 0.6 is 0 Å². The van der Waals surface area contributed by atoms with Crippen LogP contribution in [0.1, 0.15) is 29.9 Å². The number of carbonyl (C=O) groups is 1. The molecule has 2 heteroatoms. The summed E-state index contributed by atoms with van der Waals surface area (Å²) in [4.78, 5) is 10.8. The second kappa shape index (κ2) is 3.21. The van der Waals surface area contributed by atoms with Crippen LogP contribution in [0.5, 0.6) is 0 Å². The first kappa shape index (κ1) is 8.30. The summed E-state index contributed by atoms with van der Waals surface area (Å²) < 4.78 is 0. The molecule has 13 heavy (non-hydrogen) atoms. The molecule has 0 heterocycles. The molecule has 0 radical (unpaired) electrons. The van der Waals surface area contributed by atoms with Gasteiger partial charge in [-0.3, -0.25) is 0 Å². The van der Waals surface area contributed by atoms with Gasteiger partial charge < -0.3 is 9.90 Å². The van der Waals surface area contributed by atoms with E-state index in [1.807, 2.05) is 24.3 Å². The molecule has 1 aromatic rings. The van der Waals surface area contributed by atoms with E-state index >= 15 is 0 Å². The number of carbonyl (C=O) groups excluding carboxylic acids is 1. The molecule has 0 aliphatic heterocycles. The lowest BCUT2D eigenvalue weighted by molar-refractivity contribution is -0.308. The Labute approximate surface area is 77.2 Å². The third-order valence-electron chi connectivity index (χ3n) is 2.65. The fourth-order valence-electron chi connectivity index (χ4n) is 2.00. The SMILES string of the molecule is O=C([O-])C1CCCc2ccccc21. The van der Waals surface area contributed by atoms with Crippen molar-refractivity contribution in [3.05, 3.63) is 35.4 Å². The Hall–Kier alpha value is -1.31. The Bertz CT molecular complexity index is 331. The number of aryl methyl sites for hydroxylation is 1. The van der Waals surface area contributed by atoms with Gasteiger partial charge in [0.05, 0.1) is 0 Å². The van der Waals surface area contributed by atoms with Gasteiger partial charge in [-0.25, -0.2) is 0 Å². The zero-order valence-electron chi connectivity index (χ0n) is 7.32. The second-order valence-corrected chi connectivity index (χ2v) is 3.46. The minimum atomic E-state index is -0.938. The van der Waals surface area contributed by atoms with Gasteiger partial charge in [0.1, 0.15) is 0 Å². The number of aliphatic carboxylic acids is 1. The van der Waals surface area contributed by atoms with E-state index in [1.165, 1.54) is 5.56 Å². The summed E-state index contributed by atoms with van der Waals surface area (Å²) in [5, 5.41) is 10.8. The lowest BCUT2D eigenvalue weighted by Crippen LogP contribution is -2.31. The van der Waals surface area contributed by atoms with E-state index < -0.39 is 5.97 Å². The van der Waals surface area contributed by atoms with Gasteiger partial charge in [0.25, 0.3) is 0 Å². The highest BCUT2D eigenvalue weighted by atomic mass is 16.4. The van der Waals surface area contributed by atoms with Gasteiger partial charge >= 0.3 is 0 Å². The lowest BCUT2D eigenvalue weighted by Gasteiger charge is -2.25. The summed E-state index contributed by atoms with van der Waals surface area (Å²) >= 11 is 0. The molecule has 1 unspecified atom stereocenters. The smallest absolute Gasteiger partial charge is 0.0489 e. The summed E-state index contributed by atoms with van der Waals surface area (Å²) in [5.74, 6) is -1.32. The quantitative estimate of drug-likeness (QED) is 0.635. The summed E-state index contributed by atoms with van der Waals surface area (Å²) in [5.41, 5.74) is 2.12. The topological polar surface area (TPSA) is 40.1 Å². The van der Waals surface area contributed by atoms with E-state index in [9.17, 15) is 9.90 Å². The number of carboxylic acids is 1. The van der Waals surface area contributed by atoms with Crippen molar-refractivity contribution in [3.63, 3.8) is 0 Å². The maximum atomic E-state index is 10.8. The monoisotopic (exact) mass is 175 g/mol. The van der Waals surface area contributed by atoms with Crippen molar-refractivity contribution >= 4 is 5.97 Å². The lowest BCUT2D eigenvalue weighted by atomic mass is 9.83. The Balaban J connectivity index is 2.42. The van der Waals surface area contributed by atoms with Crippen molar-refractivity contribution in [1.29, 1.82) is 0 Å². The molecule has 0 saturated heterocycles. The predicted molar refractivity (Wildman–Crippen MR) is 47.1 cm³/mol. The average molecular weight is 175 g/mol. The van der Waals surface area contributed by atoms with Crippen LogP contribution in [0.15, 0.2) is 24.3 Å². The minimum absolute atomic E-state index is 0.384. The van der Waals surface area contributed by atoms with E-state index in [-0.39, 0.29) is 5.92 Å². The molecule has 68 valence electrons. The number of fused-ring (bicyclic) bond motifs is 1. The molecule has 0 bridgehead atoms. The number of hydrogen-bond acceptors (Lipinski definition) is 2. The predicted octanol–water partition coefficient (Wildman–Crippen LogP) is 0.856. The van der Waals surface area contributed by atoms with Gasteiger partial charge in [-0.15, -0.1) is 0 Å². The molecule has 1 aliphatic carbocycles. The first-order chi connectivity index (χ1) is 6.29. The Morgan fingerprint density at radius 2 is 2.15 bits per heavy atom. The average Bonchev–Trinajstić information content (AvgIpc) is 2.17. The van der Waals surface area contributed by atoms with Crippen molar-refractivity contribution in [2.45, 2.75) is 25.2 Å². The first-order valence-corrected chi connectivity index (χ1v) is 4.57. The maximum Gasteiger partial charge on any atom is 0.0489 e. The highest BCUT2D eigenvalue weighted by Gasteiger charge is 2.19. The molecule has 0 N–H and O–H groups in total. The molecule has 1 atom stereocenters. The molecular weight excluding hydrogens is 164 g/mol. The minimum Gasteiger partial charge on any atom is -0.549 e. The summed E-state index contributed by atoms with van der Waals surface area (Å²) in [6, 6.07) is 7.75. The van der Waals surface area contributed by atoms with Gasteiger partial charge in [0.2, 0.25) is 0 Å². The molecule has 0 aromatic heterocycles. The molecule has 1 aromatic carbocycles. The van der Waals surface area contributed by atoms with E-state index in [1.54, 1.807) is 0 Å². The van der Waals surface area contributed by atoms with Crippen molar-refractivity contribution < 1.29 is 9.90 Å². The van der Waals surface area contributed by atoms with Crippen LogP contribution in [0, 0.1) is 0 Å². The zero-order chi connectivity index (χ0) is 9.26. The van der Waals surface area contributed by atoms with Crippen molar-refractivity contribution in [2.24, 2.45) is 0 Å². The molecular formula is C11H11O2-. The maximum absolute atomic E-state index is 10.8. The van der Waals surface area contributed by atoms with E-state index in [0.29, 0.717) is 0 Å². The molecule has 1 aliphatic rings. The summed E-state index contributed by atoms with van der Waals surface area (Å²) in [7, 11) is 0. The van der Waals surface area contributed by atoms with Crippen LogP contribution < -0.4 is 5.11 Å². The van der Waals surface area contributed by atoms with Gasteiger partial charge in [0.15, 0.2) is 0 Å². The zero-order valence-corrected chi connectivity index (χ0v) is 7.32. The van der Waals surface area contributed by atoms with E-state index in [2.05, 4.69) is 0 Å². The van der Waals surface area contributed by atoms with E-state index in [4.69, 9.17) is 0 Å². The Kier molecular flexibility index (Phi) is 2.05. The Morgan fingerprint density at radius 1 is 1.38 bits per heavy atom. The van der Waals surface area contributed by atoms with E-state index in [0.717, 1.165) is 24.8 Å². The number of carboxylic acid groups (broad SMARTS) is 1. The highest BCUT2D eigenvalue weighted by Crippen LogP contribution is 2.30. The number of hydrogen-bond donors (Lipinski definition) is 0. The molecule has 0 fully saturated rings. The fraction of sp³-hybridized carbons (Fsp3) is 0.364. The van der Waals surface area contributed by atoms with Gasteiger partial charge in [-0.1, -0.05) is 24.3 Å². The molecule has 2 rings (SSSR count). The molecule has 0 amide bonds. The van der Waals surface area contributed by atoms with Crippen LogP contribution in [0.25, 0.3) is 0 Å². The van der Waals surface area contributed by atoms with Crippen molar-refractivity contribution in [2.75, 3.05) is 0 Å². The number of rotatable bonds is 1. The Morgan fingerprint density at radius 3 is 2.92 bits per heavy atom. The molecule has 0 spiro atoms. The van der Waals surface area contributed by atoms with Gasteiger partial charge in [0, 0.05) is 11.9 Å². The van der Waals surface area contributed by atoms with Crippen LogP contribution in [-0.4, -0.2) is 5.97 Å². The largest absolute Gasteiger partial charge is 0.549 e. The van der Waals surface area contributed by atoms with Crippen molar-refractivity contribution in [1.82, 2.24) is 0 Å². The summed E-state index contributed by atoms with van der Waals surface area (Å²) in [6.07, 6.45) is 2.68. The molecule has 2 nitrogen and oxygen atoms in total. The van der Waals surface area contributed by atoms with Gasteiger partial charge in [-0.2, -0.15) is 0 Å². The summed E-state index contributed by atoms with van der Waals surface area (Å²) in [6.45, 7) is 0. The third-order valence-corrected chi connectivity index (χ3v) is 2.65. The number of benzene rings is 1. The standard InChI is InChI=1S/C11H12O2/c12-11(13)10-7-3-5-8-4-1-2-6-9(8)10/h1-2,4,6,10H,3,5,7H2,(H,12,13)/p-1. The first-order valence-electron chi connectivity index (χ1n) is 4.57. The second-order valence-electron chi connectivity index (χ2n) is 3.46. The van der Waals surface area contributed by atoms with Crippen LogP contribution in [0.2, 0.25) is 0 Å². The highest BCUT2D eigenvalue weighted by molar-refractivity contribution is 5.75. The third kappa shape index (κ3) is 1.44. The fourth-order valence-corrected chi connectivity index (χ4v) is 2.00.